The second-order valence-electron chi connectivity index (χ2n) is 5.24. The van der Waals surface area contributed by atoms with Crippen molar-refractivity contribution in [3.8, 4) is 10.4 Å². The second kappa shape index (κ2) is 6.18. The topological polar surface area (TPSA) is 40.5 Å². The largest absolute Gasteiger partial charge is 0.480 e. The van der Waals surface area contributed by atoms with Gasteiger partial charge in [-0.2, -0.15) is 0 Å². The maximum absolute atomic E-state index is 11.2. The molecule has 2 heterocycles. The van der Waals surface area contributed by atoms with E-state index < -0.39 is 5.97 Å². The molecular weight excluding hydrogens is 306 g/mol. The van der Waals surface area contributed by atoms with Gasteiger partial charge in [0.1, 0.15) is 6.04 Å². The van der Waals surface area contributed by atoms with Crippen molar-refractivity contribution in [2.75, 3.05) is 6.54 Å². The Morgan fingerprint density at radius 3 is 3.00 bits per heavy atom. The summed E-state index contributed by atoms with van der Waals surface area (Å²) in [6.07, 6.45) is 1.71. The lowest BCUT2D eigenvalue weighted by Gasteiger charge is -2.19. The molecule has 3 rings (SSSR count). The molecule has 0 saturated carbocycles. The summed E-state index contributed by atoms with van der Waals surface area (Å²) < 4.78 is 0. The number of thiophene rings is 1. The van der Waals surface area contributed by atoms with Crippen molar-refractivity contribution in [2.24, 2.45) is 0 Å². The zero-order chi connectivity index (χ0) is 14.8. The maximum atomic E-state index is 11.2. The smallest absolute Gasteiger partial charge is 0.320 e. The first-order chi connectivity index (χ1) is 10.1. The van der Waals surface area contributed by atoms with E-state index in [9.17, 15) is 9.90 Å². The summed E-state index contributed by atoms with van der Waals surface area (Å²) in [5, 5.41) is 9.95. The standard InChI is InChI=1S/C16H16ClNO2S/c17-12-4-1-3-11(9-12)15-7-6-13(21-15)10-18-8-2-5-14(18)16(19)20/h1,3-4,6-7,9,14H,2,5,8,10H2,(H,19,20). The number of hydrogen-bond acceptors (Lipinski definition) is 3. The van der Waals surface area contributed by atoms with E-state index >= 15 is 0 Å². The minimum Gasteiger partial charge on any atom is -0.480 e. The third-order valence-electron chi connectivity index (χ3n) is 3.78. The van der Waals surface area contributed by atoms with E-state index in [2.05, 4.69) is 17.0 Å². The number of likely N-dealkylation sites (tertiary alicyclic amines) is 1. The molecule has 1 aliphatic heterocycles. The molecule has 1 aromatic heterocycles. The molecule has 1 fully saturated rings. The minimum atomic E-state index is -0.709. The van der Waals surface area contributed by atoms with Gasteiger partial charge in [-0.25, -0.2) is 0 Å². The Hall–Kier alpha value is -1.36. The number of benzene rings is 1. The van der Waals surface area contributed by atoms with Gasteiger partial charge >= 0.3 is 5.97 Å². The van der Waals surface area contributed by atoms with Gasteiger partial charge in [0, 0.05) is 21.3 Å². The van der Waals surface area contributed by atoms with E-state index in [4.69, 9.17) is 11.6 Å². The quantitative estimate of drug-likeness (QED) is 0.921. The van der Waals surface area contributed by atoms with Crippen LogP contribution in [0.3, 0.4) is 0 Å². The van der Waals surface area contributed by atoms with Crippen LogP contribution in [0.4, 0.5) is 0 Å². The molecular formula is C16H16ClNO2S. The first-order valence-electron chi connectivity index (χ1n) is 6.95. The average molecular weight is 322 g/mol. The van der Waals surface area contributed by atoms with E-state index in [1.165, 1.54) is 9.75 Å². The van der Waals surface area contributed by atoms with Crippen molar-refractivity contribution in [1.29, 1.82) is 0 Å². The molecule has 0 aliphatic carbocycles. The van der Waals surface area contributed by atoms with Crippen molar-refractivity contribution in [1.82, 2.24) is 4.90 Å². The summed E-state index contributed by atoms with van der Waals surface area (Å²) in [6.45, 7) is 1.57. The highest BCUT2D eigenvalue weighted by atomic mass is 35.5. The fraction of sp³-hybridized carbons (Fsp3) is 0.312. The molecule has 110 valence electrons. The fourth-order valence-corrected chi connectivity index (χ4v) is 3.98. The van der Waals surface area contributed by atoms with Crippen molar-refractivity contribution < 1.29 is 9.90 Å². The summed E-state index contributed by atoms with van der Waals surface area (Å²) in [6, 6.07) is 11.6. The Balaban J connectivity index is 1.75. The van der Waals surface area contributed by atoms with Gasteiger partial charge < -0.3 is 5.11 Å². The van der Waals surface area contributed by atoms with E-state index in [1.807, 2.05) is 24.3 Å². The van der Waals surface area contributed by atoms with Crippen LogP contribution in [0.25, 0.3) is 10.4 Å². The minimum absolute atomic E-state index is 0.332. The highest BCUT2D eigenvalue weighted by Gasteiger charge is 2.30. The monoisotopic (exact) mass is 321 g/mol. The average Bonchev–Trinajstić information content (AvgIpc) is 3.08. The predicted molar refractivity (Wildman–Crippen MR) is 85.8 cm³/mol. The summed E-state index contributed by atoms with van der Waals surface area (Å²) in [7, 11) is 0. The van der Waals surface area contributed by atoms with Gasteiger partial charge in [-0.15, -0.1) is 11.3 Å². The number of halogens is 1. The van der Waals surface area contributed by atoms with Crippen LogP contribution in [-0.2, 0) is 11.3 Å². The normalized spacial score (nSPS) is 19.0. The molecule has 0 bridgehead atoms. The molecule has 2 aromatic rings. The molecule has 1 saturated heterocycles. The van der Waals surface area contributed by atoms with Gasteiger partial charge in [0.05, 0.1) is 0 Å². The van der Waals surface area contributed by atoms with Crippen LogP contribution in [0, 0.1) is 0 Å². The lowest BCUT2D eigenvalue weighted by Crippen LogP contribution is -2.35. The number of rotatable bonds is 4. The van der Waals surface area contributed by atoms with Crippen molar-refractivity contribution in [3.63, 3.8) is 0 Å². The van der Waals surface area contributed by atoms with Gasteiger partial charge in [-0.05, 0) is 49.2 Å². The van der Waals surface area contributed by atoms with Gasteiger partial charge in [0.25, 0.3) is 0 Å². The van der Waals surface area contributed by atoms with Crippen molar-refractivity contribution in [3.05, 3.63) is 46.3 Å². The van der Waals surface area contributed by atoms with Crippen LogP contribution in [0.15, 0.2) is 36.4 Å². The highest BCUT2D eigenvalue weighted by Crippen LogP contribution is 2.31. The Morgan fingerprint density at radius 2 is 2.24 bits per heavy atom. The summed E-state index contributed by atoms with van der Waals surface area (Å²) in [5.74, 6) is -0.709. The number of carboxylic acid groups (broad SMARTS) is 1. The molecule has 0 radical (unpaired) electrons. The molecule has 1 aromatic carbocycles. The van der Waals surface area contributed by atoms with E-state index in [-0.39, 0.29) is 6.04 Å². The van der Waals surface area contributed by atoms with Gasteiger partial charge in [-0.3, -0.25) is 9.69 Å². The van der Waals surface area contributed by atoms with Crippen LogP contribution in [0.1, 0.15) is 17.7 Å². The lowest BCUT2D eigenvalue weighted by atomic mass is 10.2. The Labute approximate surface area is 132 Å². The lowest BCUT2D eigenvalue weighted by molar-refractivity contribution is -0.142. The van der Waals surface area contributed by atoms with Crippen molar-refractivity contribution >= 4 is 28.9 Å². The second-order valence-corrected chi connectivity index (χ2v) is 6.85. The van der Waals surface area contributed by atoms with E-state index in [0.717, 1.165) is 30.0 Å². The number of carbonyl (C=O) groups is 1. The summed E-state index contributed by atoms with van der Waals surface area (Å²) in [4.78, 5) is 15.6. The maximum Gasteiger partial charge on any atom is 0.320 e. The summed E-state index contributed by atoms with van der Waals surface area (Å²) >= 11 is 7.73. The van der Waals surface area contributed by atoms with E-state index in [0.29, 0.717) is 6.54 Å². The first kappa shape index (κ1) is 14.6. The first-order valence-corrected chi connectivity index (χ1v) is 8.14. The SMILES string of the molecule is O=C(O)C1CCCN1Cc1ccc(-c2cccc(Cl)c2)s1. The fourth-order valence-electron chi connectivity index (χ4n) is 2.76. The molecule has 0 amide bonds. The number of nitrogens with zero attached hydrogens (tertiary/aromatic N) is 1. The zero-order valence-corrected chi connectivity index (χ0v) is 13.0. The number of aliphatic carboxylic acids is 1. The van der Waals surface area contributed by atoms with Crippen LogP contribution in [0.5, 0.6) is 0 Å². The van der Waals surface area contributed by atoms with Crippen molar-refractivity contribution in [2.45, 2.75) is 25.4 Å². The van der Waals surface area contributed by atoms with Gasteiger partial charge in [0.2, 0.25) is 0 Å². The van der Waals surface area contributed by atoms with Gasteiger partial charge in [-0.1, -0.05) is 23.7 Å². The Bertz CT molecular complexity index is 655. The van der Waals surface area contributed by atoms with E-state index in [1.54, 1.807) is 11.3 Å². The number of hydrogen-bond donors (Lipinski definition) is 1. The molecule has 0 spiro atoms. The highest BCUT2D eigenvalue weighted by molar-refractivity contribution is 7.15. The van der Waals surface area contributed by atoms with Crippen LogP contribution in [-0.4, -0.2) is 28.6 Å². The third kappa shape index (κ3) is 3.28. The molecule has 1 aliphatic rings. The molecule has 1 unspecified atom stereocenters. The molecule has 21 heavy (non-hydrogen) atoms. The molecule has 1 N–H and O–H groups in total. The predicted octanol–water partition coefficient (Wildman–Crippen LogP) is 4.12. The zero-order valence-electron chi connectivity index (χ0n) is 11.5. The molecule has 1 atom stereocenters. The Kier molecular flexibility index (Phi) is 4.29. The molecule has 3 nitrogen and oxygen atoms in total. The molecule has 5 heteroatoms. The summed E-state index contributed by atoms with van der Waals surface area (Å²) in [5.41, 5.74) is 1.11. The third-order valence-corrected chi connectivity index (χ3v) is 5.13. The van der Waals surface area contributed by atoms with Crippen LogP contribution in [0.2, 0.25) is 5.02 Å². The van der Waals surface area contributed by atoms with Crippen LogP contribution < -0.4 is 0 Å². The van der Waals surface area contributed by atoms with Crippen LogP contribution >= 0.6 is 22.9 Å². The number of carboxylic acids is 1. The van der Waals surface area contributed by atoms with Gasteiger partial charge in [0.15, 0.2) is 0 Å². The Morgan fingerprint density at radius 1 is 1.38 bits per heavy atom.